The van der Waals surface area contributed by atoms with Crippen molar-refractivity contribution in [1.29, 1.82) is 0 Å². The van der Waals surface area contributed by atoms with E-state index in [0.717, 1.165) is 22.8 Å². The molecule has 0 unspecified atom stereocenters. The zero-order valence-electron chi connectivity index (χ0n) is 12.8. The molecule has 0 aliphatic heterocycles. The third-order valence-electron chi connectivity index (χ3n) is 3.31. The molecule has 0 fully saturated rings. The number of urea groups is 1. The van der Waals surface area contributed by atoms with Crippen LogP contribution >= 0.6 is 0 Å². The first kappa shape index (κ1) is 14.9. The molecule has 0 spiro atoms. The molecule has 0 saturated carbocycles. The standard InChI is InChI=1S/C15H21N5O/c1-11-5-6-12(19(2)3)9-13(11)18-15(21)17-10-14-16-7-8-20(14)4/h5-9H,10H2,1-4H3,(H2,17,18,21). The maximum absolute atomic E-state index is 12.0. The minimum Gasteiger partial charge on any atom is -0.378 e. The number of aryl methyl sites for hydroxylation is 2. The van der Waals surface area contributed by atoms with Crippen molar-refractivity contribution in [3.8, 4) is 0 Å². The zero-order valence-corrected chi connectivity index (χ0v) is 12.8. The van der Waals surface area contributed by atoms with E-state index in [2.05, 4.69) is 15.6 Å². The van der Waals surface area contributed by atoms with Gasteiger partial charge < -0.3 is 20.1 Å². The summed E-state index contributed by atoms with van der Waals surface area (Å²) < 4.78 is 1.87. The van der Waals surface area contributed by atoms with E-state index in [0.29, 0.717) is 6.54 Å². The van der Waals surface area contributed by atoms with E-state index in [1.165, 1.54) is 0 Å². The number of hydrogen-bond donors (Lipinski definition) is 2. The van der Waals surface area contributed by atoms with Crippen molar-refractivity contribution in [2.24, 2.45) is 7.05 Å². The second kappa shape index (κ2) is 6.30. The molecule has 0 atom stereocenters. The molecule has 0 bridgehead atoms. The van der Waals surface area contributed by atoms with Crippen LogP contribution in [0.3, 0.4) is 0 Å². The minimum absolute atomic E-state index is 0.239. The first-order chi connectivity index (χ1) is 9.97. The van der Waals surface area contributed by atoms with Gasteiger partial charge in [-0.05, 0) is 24.6 Å². The van der Waals surface area contributed by atoms with Crippen LogP contribution in [0.4, 0.5) is 16.2 Å². The van der Waals surface area contributed by atoms with Crippen LogP contribution in [-0.4, -0.2) is 29.7 Å². The predicted molar refractivity (Wildman–Crippen MR) is 84.6 cm³/mol. The van der Waals surface area contributed by atoms with Gasteiger partial charge in [-0.2, -0.15) is 0 Å². The van der Waals surface area contributed by atoms with Crippen molar-refractivity contribution in [2.45, 2.75) is 13.5 Å². The Kier molecular flexibility index (Phi) is 4.47. The Morgan fingerprint density at radius 1 is 1.38 bits per heavy atom. The molecular weight excluding hydrogens is 266 g/mol. The maximum atomic E-state index is 12.0. The van der Waals surface area contributed by atoms with E-state index in [1.54, 1.807) is 6.20 Å². The summed E-state index contributed by atoms with van der Waals surface area (Å²) >= 11 is 0. The molecule has 2 amide bonds. The Balaban J connectivity index is 1.99. The lowest BCUT2D eigenvalue weighted by molar-refractivity contribution is 0.251. The first-order valence-corrected chi connectivity index (χ1v) is 6.76. The van der Waals surface area contributed by atoms with Crippen LogP contribution in [0.1, 0.15) is 11.4 Å². The summed E-state index contributed by atoms with van der Waals surface area (Å²) in [6.45, 7) is 2.36. The average molecular weight is 287 g/mol. The first-order valence-electron chi connectivity index (χ1n) is 6.76. The lowest BCUT2D eigenvalue weighted by atomic mass is 10.1. The Labute approximate surface area is 124 Å². The van der Waals surface area contributed by atoms with Gasteiger partial charge in [-0.1, -0.05) is 6.07 Å². The summed E-state index contributed by atoms with van der Waals surface area (Å²) in [5, 5.41) is 5.68. The van der Waals surface area contributed by atoms with Crippen LogP contribution in [-0.2, 0) is 13.6 Å². The quantitative estimate of drug-likeness (QED) is 0.905. The van der Waals surface area contributed by atoms with Crippen molar-refractivity contribution in [1.82, 2.24) is 14.9 Å². The van der Waals surface area contributed by atoms with Crippen molar-refractivity contribution in [3.63, 3.8) is 0 Å². The van der Waals surface area contributed by atoms with Crippen molar-refractivity contribution in [2.75, 3.05) is 24.3 Å². The molecule has 6 heteroatoms. The molecule has 2 aromatic rings. The fourth-order valence-electron chi connectivity index (χ4n) is 1.92. The van der Waals surface area contributed by atoms with Crippen LogP contribution in [0.25, 0.3) is 0 Å². The number of aromatic nitrogens is 2. The fourth-order valence-corrected chi connectivity index (χ4v) is 1.92. The molecule has 1 aromatic carbocycles. The van der Waals surface area contributed by atoms with Crippen LogP contribution in [0.5, 0.6) is 0 Å². The smallest absolute Gasteiger partial charge is 0.319 e. The minimum atomic E-state index is -0.239. The lowest BCUT2D eigenvalue weighted by Gasteiger charge is -2.16. The van der Waals surface area contributed by atoms with Gasteiger partial charge in [-0.3, -0.25) is 0 Å². The maximum Gasteiger partial charge on any atom is 0.319 e. The molecule has 0 saturated heterocycles. The number of imidazole rings is 1. The highest BCUT2D eigenvalue weighted by Crippen LogP contribution is 2.21. The van der Waals surface area contributed by atoms with Gasteiger partial charge in [0.15, 0.2) is 0 Å². The second-order valence-electron chi connectivity index (χ2n) is 5.16. The van der Waals surface area contributed by atoms with Gasteiger partial charge in [0.1, 0.15) is 5.82 Å². The van der Waals surface area contributed by atoms with Gasteiger partial charge in [0.05, 0.1) is 6.54 Å². The summed E-state index contributed by atoms with van der Waals surface area (Å²) in [6.07, 6.45) is 3.55. The summed E-state index contributed by atoms with van der Waals surface area (Å²) in [5.41, 5.74) is 2.87. The van der Waals surface area contributed by atoms with Gasteiger partial charge in [0.2, 0.25) is 0 Å². The number of carbonyl (C=O) groups excluding carboxylic acids is 1. The fraction of sp³-hybridized carbons (Fsp3) is 0.333. The number of rotatable bonds is 4. The van der Waals surface area contributed by atoms with Gasteiger partial charge >= 0.3 is 6.03 Å². The summed E-state index contributed by atoms with van der Waals surface area (Å²) in [7, 11) is 5.83. The molecule has 21 heavy (non-hydrogen) atoms. The normalized spacial score (nSPS) is 10.3. The lowest BCUT2D eigenvalue weighted by Crippen LogP contribution is -2.29. The average Bonchev–Trinajstić information content (AvgIpc) is 2.84. The number of nitrogens with one attached hydrogen (secondary N) is 2. The van der Waals surface area contributed by atoms with Crippen molar-refractivity contribution < 1.29 is 4.79 Å². The molecule has 112 valence electrons. The van der Waals surface area contributed by atoms with Crippen LogP contribution in [0.15, 0.2) is 30.6 Å². The molecule has 0 aliphatic rings. The number of benzene rings is 1. The largest absolute Gasteiger partial charge is 0.378 e. The third kappa shape index (κ3) is 3.75. The van der Waals surface area contributed by atoms with Crippen molar-refractivity contribution >= 4 is 17.4 Å². The van der Waals surface area contributed by atoms with E-state index < -0.39 is 0 Å². The molecule has 0 radical (unpaired) electrons. The topological polar surface area (TPSA) is 62.2 Å². The molecular formula is C15H21N5O. The molecule has 1 heterocycles. The molecule has 1 aromatic heterocycles. The van der Waals surface area contributed by atoms with E-state index >= 15 is 0 Å². The highest BCUT2D eigenvalue weighted by Gasteiger charge is 2.07. The van der Waals surface area contributed by atoms with E-state index in [4.69, 9.17) is 0 Å². The van der Waals surface area contributed by atoms with Crippen LogP contribution < -0.4 is 15.5 Å². The van der Waals surface area contributed by atoms with Crippen LogP contribution in [0, 0.1) is 6.92 Å². The highest BCUT2D eigenvalue weighted by molar-refractivity contribution is 5.90. The van der Waals surface area contributed by atoms with E-state index in [9.17, 15) is 4.79 Å². The summed E-state index contributed by atoms with van der Waals surface area (Å²) in [5.74, 6) is 0.809. The summed E-state index contributed by atoms with van der Waals surface area (Å²) in [4.78, 5) is 18.1. The van der Waals surface area contributed by atoms with Gasteiger partial charge in [0.25, 0.3) is 0 Å². The van der Waals surface area contributed by atoms with E-state index in [-0.39, 0.29) is 6.03 Å². The van der Waals surface area contributed by atoms with Crippen molar-refractivity contribution in [3.05, 3.63) is 42.0 Å². The number of nitrogens with zero attached hydrogens (tertiary/aromatic N) is 3. The van der Waals surface area contributed by atoms with E-state index in [1.807, 2.05) is 61.9 Å². The monoisotopic (exact) mass is 287 g/mol. The van der Waals surface area contributed by atoms with Gasteiger partial charge in [-0.25, -0.2) is 9.78 Å². The highest BCUT2D eigenvalue weighted by atomic mass is 16.2. The molecule has 2 rings (SSSR count). The Bertz CT molecular complexity index is 633. The van der Waals surface area contributed by atoms with Crippen LogP contribution in [0.2, 0.25) is 0 Å². The number of anilines is 2. The summed E-state index contributed by atoms with van der Waals surface area (Å²) in [6, 6.07) is 5.73. The number of carbonyl (C=O) groups is 1. The predicted octanol–water partition coefficient (Wildman–Crippen LogP) is 2.12. The third-order valence-corrected chi connectivity index (χ3v) is 3.31. The van der Waals surface area contributed by atoms with Gasteiger partial charge in [0, 0.05) is 44.9 Å². The Morgan fingerprint density at radius 3 is 2.76 bits per heavy atom. The number of hydrogen-bond acceptors (Lipinski definition) is 3. The molecule has 6 nitrogen and oxygen atoms in total. The SMILES string of the molecule is Cc1ccc(N(C)C)cc1NC(=O)NCc1nccn1C. The molecule has 0 aliphatic carbocycles. The Hall–Kier alpha value is -2.50. The van der Waals surface area contributed by atoms with Gasteiger partial charge in [-0.15, -0.1) is 0 Å². The zero-order chi connectivity index (χ0) is 15.4. The number of amides is 2. The molecule has 2 N–H and O–H groups in total. The Morgan fingerprint density at radius 2 is 2.14 bits per heavy atom. The second-order valence-corrected chi connectivity index (χ2v) is 5.16.